The van der Waals surface area contributed by atoms with E-state index >= 15 is 0 Å². The maximum absolute atomic E-state index is 11.8. The van der Waals surface area contributed by atoms with E-state index in [-0.39, 0.29) is 12.5 Å². The summed E-state index contributed by atoms with van der Waals surface area (Å²) in [7, 11) is 5.04. The fourth-order valence-electron chi connectivity index (χ4n) is 1.45. The van der Waals surface area contributed by atoms with Crippen molar-refractivity contribution in [3.05, 3.63) is 18.0 Å². The van der Waals surface area contributed by atoms with Crippen molar-refractivity contribution in [2.75, 3.05) is 20.7 Å². The number of aromatic nitrogens is 2. The molecule has 0 spiro atoms. The first-order valence-electron chi connectivity index (χ1n) is 5.03. The van der Waals surface area contributed by atoms with Crippen LogP contribution in [0.15, 0.2) is 12.4 Å². The van der Waals surface area contributed by atoms with E-state index in [2.05, 4.69) is 5.10 Å². The number of carbonyl (C=O) groups excluding carboxylic acids is 1. The third-order valence-electron chi connectivity index (χ3n) is 2.33. The van der Waals surface area contributed by atoms with E-state index in [1.807, 2.05) is 13.2 Å². The van der Waals surface area contributed by atoms with Crippen LogP contribution in [0.5, 0.6) is 0 Å². The normalized spacial score (nSPS) is 12.5. The van der Waals surface area contributed by atoms with Crippen molar-refractivity contribution in [2.45, 2.75) is 12.6 Å². The van der Waals surface area contributed by atoms with Crippen LogP contribution in [0, 0.1) is 0 Å². The van der Waals surface area contributed by atoms with Gasteiger partial charge in [-0.05, 0) is 0 Å². The van der Waals surface area contributed by atoms with Crippen LogP contribution in [0.2, 0.25) is 0 Å². The molecule has 0 bridgehead atoms. The molecule has 6 nitrogen and oxygen atoms in total. The van der Waals surface area contributed by atoms with Gasteiger partial charge in [-0.25, -0.2) is 0 Å². The highest BCUT2D eigenvalue weighted by molar-refractivity contribution is 5.80. The van der Waals surface area contributed by atoms with E-state index in [9.17, 15) is 4.79 Å². The van der Waals surface area contributed by atoms with Crippen LogP contribution < -0.4 is 5.73 Å². The van der Waals surface area contributed by atoms with Crippen LogP contribution in [-0.4, -0.2) is 47.4 Å². The molecule has 0 aromatic carbocycles. The highest BCUT2D eigenvalue weighted by atomic mass is 16.5. The molecule has 90 valence electrons. The van der Waals surface area contributed by atoms with Crippen LogP contribution in [0.25, 0.3) is 0 Å². The Kier molecular flexibility index (Phi) is 4.45. The Bertz CT molecular complexity index is 346. The lowest BCUT2D eigenvalue weighted by atomic mass is 10.2. The molecule has 1 rings (SSSR count). The molecule has 0 aliphatic heterocycles. The number of nitrogens with two attached hydrogens (primary N) is 1. The van der Waals surface area contributed by atoms with Crippen molar-refractivity contribution in [1.82, 2.24) is 14.7 Å². The second-order valence-corrected chi connectivity index (χ2v) is 3.68. The third kappa shape index (κ3) is 3.04. The summed E-state index contributed by atoms with van der Waals surface area (Å²) in [5.74, 6) is -0.117. The first-order chi connectivity index (χ1) is 7.58. The summed E-state index contributed by atoms with van der Waals surface area (Å²) in [5.41, 5.74) is 6.41. The molecule has 1 atom stereocenters. The lowest BCUT2D eigenvalue weighted by Crippen LogP contribution is -2.41. The molecular weight excluding hydrogens is 208 g/mol. The number of amides is 1. The van der Waals surface area contributed by atoms with E-state index < -0.39 is 6.10 Å². The van der Waals surface area contributed by atoms with Gasteiger partial charge >= 0.3 is 0 Å². The Morgan fingerprint density at radius 1 is 1.75 bits per heavy atom. The summed E-state index contributed by atoms with van der Waals surface area (Å²) >= 11 is 0. The molecule has 0 saturated heterocycles. The summed E-state index contributed by atoms with van der Waals surface area (Å²) in [6, 6.07) is 0. The summed E-state index contributed by atoms with van der Waals surface area (Å²) in [5, 5.41) is 4.04. The highest BCUT2D eigenvalue weighted by Crippen LogP contribution is 2.03. The number of carbonyl (C=O) groups is 1. The predicted octanol–water partition coefficient (Wildman–Crippen LogP) is -0.648. The minimum absolute atomic E-state index is 0.117. The zero-order valence-electron chi connectivity index (χ0n) is 9.88. The lowest BCUT2D eigenvalue weighted by molar-refractivity contribution is -0.140. The molecule has 0 radical (unpaired) electrons. The van der Waals surface area contributed by atoms with E-state index in [1.54, 1.807) is 22.8 Å². The average Bonchev–Trinajstić information content (AvgIpc) is 2.65. The van der Waals surface area contributed by atoms with E-state index in [1.165, 1.54) is 7.11 Å². The average molecular weight is 226 g/mol. The third-order valence-corrected chi connectivity index (χ3v) is 2.33. The van der Waals surface area contributed by atoms with Gasteiger partial charge in [0.15, 0.2) is 0 Å². The molecule has 0 saturated carbocycles. The summed E-state index contributed by atoms with van der Waals surface area (Å²) in [6.45, 7) is 0.694. The monoisotopic (exact) mass is 226 g/mol. The van der Waals surface area contributed by atoms with Crippen LogP contribution >= 0.6 is 0 Å². The zero-order chi connectivity index (χ0) is 12.1. The second kappa shape index (κ2) is 5.62. The van der Waals surface area contributed by atoms with Gasteiger partial charge in [-0.15, -0.1) is 0 Å². The first kappa shape index (κ1) is 12.7. The van der Waals surface area contributed by atoms with Crippen molar-refractivity contribution in [3.63, 3.8) is 0 Å². The predicted molar refractivity (Wildman–Crippen MR) is 59.5 cm³/mol. The quantitative estimate of drug-likeness (QED) is 0.724. The maximum Gasteiger partial charge on any atom is 0.253 e. The Balaban J connectivity index is 2.57. The molecule has 1 amide bonds. The minimum Gasteiger partial charge on any atom is -0.370 e. The van der Waals surface area contributed by atoms with Gasteiger partial charge < -0.3 is 15.4 Å². The number of aryl methyl sites for hydroxylation is 1. The zero-order valence-corrected chi connectivity index (χ0v) is 9.88. The summed E-state index contributed by atoms with van der Waals surface area (Å²) in [4.78, 5) is 13.4. The molecular formula is C10H18N4O2. The fourth-order valence-corrected chi connectivity index (χ4v) is 1.45. The van der Waals surface area contributed by atoms with Gasteiger partial charge in [0.05, 0.1) is 6.20 Å². The minimum atomic E-state index is -0.568. The van der Waals surface area contributed by atoms with E-state index in [0.717, 1.165) is 5.56 Å². The van der Waals surface area contributed by atoms with Crippen molar-refractivity contribution >= 4 is 5.91 Å². The number of hydrogen-bond donors (Lipinski definition) is 1. The molecule has 16 heavy (non-hydrogen) atoms. The molecule has 0 fully saturated rings. The summed E-state index contributed by atoms with van der Waals surface area (Å²) < 4.78 is 6.69. The van der Waals surface area contributed by atoms with Gasteiger partial charge in [0.1, 0.15) is 6.10 Å². The molecule has 1 heterocycles. The molecule has 0 aliphatic rings. The van der Waals surface area contributed by atoms with Crippen molar-refractivity contribution in [2.24, 2.45) is 12.8 Å². The fraction of sp³-hybridized carbons (Fsp3) is 0.600. The summed E-state index contributed by atoms with van der Waals surface area (Å²) in [6.07, 6.45) is 3.03. The molecule has 6 heteroatoms. The van der Waals surface area contributed by atoms with Gasteiger partial charge in [0.2, 0.25) is 0 Å². The van der Waals surface area contributed by atoms with Gasteiger partial charge in [0.25, 0.3) is 5.91 Å². The van der Waals surface area contributed by atoms with E-state index in [0.29, 0.717) is 6.54 Å². The van der Waals surface area contributed by atoms with Gasteiger partial charge in [-0.2, -0.15) is 5.10 Å². The smallest absolute Gasteiger partial charge is 0.253 e. The number of nitrogens with zero attached hydrogens (tertiary/aromatic N) is 3. The SMILES string of the molecule is COC(CN)C(=O)N(C)Cc1cnn(C)c1. The maximum atomic E-state index is 11.8. The van der Waals surface area contributed by atoms with Crippen LogP contribution in [0.4, 0.5) is 0 Å². The molecule has 2 N–H and O–H groups in total. The number of hydrogen-bond acceptors (Lipinski definition) is 4. The lowest BCUT2D eigenvalue weighted by Gasteiger charge is -2.21. The Morgan fingerprint density at radius 2 is 2.44 bits per heavy atom. The number of rotatable bonds is 5. The van der Waals surface area contributed by atoms with Crippen LogP contribution in [-0.2, 0) is 23.1 Å². The number of methoxy groups -OCH3 is 1. The van der Waals surface area contributed by atoms with Crippen LogP contribution in [0.1, 0.15) is 5.56 Å². The Hall–Kier alpha value is -1.40. The van der Waals surface area contributed by atoms with Gasteiger partial charge in [0, 0.05) is 46.1 Å². The highest BCUT2D eigenvalue weighted by Gasteiger charge is 2.20. The molecule has 1 unspecified atom stereocenters. The second-order valence-electron chi connectivity index (χ2n) is 3.68. The van der Waals surface area contributed by atoms with E-state index in [4.69, 9.17) is 10.5 Å². The van der Waals surface area contributed by atoms with Crippen molar-refractivity contribution < 1.29 is 9.53 Å². The molecule has 1 aromatic heterocycles. The largest absolute Gasteiger partial charge is 0.370 e. The van der Waals surface area contributed by atoms with Gasteiger partial charge in [-0.3, -0.25) is 9.48 Å². The number of ether oxygens (including phenoxy) is 1. The van der Waals surface area contributed by atoms with Gasteiger partial charge in [-0.1, -0.05) is 0 Å². The van der Waals surface area contributed by atoms with Crippen molar-refractivity contribution in [3.8, 4) is 0 Å². The van der Waals surface area contributed by atoms with Crippen LogP contribution in [0.3, 0.4) is 0 Å². The Labute approximate surface area is 95.0 Å². The van der Waals surface area contributed by atoms with Crippen molar-refractivity contribution in [1.29, 1.82) is 0 Å². The Morgan fingerprint density at radius 3 is 2.88 bits per heavy atom. The topological polar surface area (TPSA) is 73.4 Å². The standard InChI is InChI=1S/C10H18N4O2/c1-13(10(15)9(4-11)16-3)6-8-5-12-14(2)7-8/h5,7,9H,4,6,11H2,1-3H3. The molecule has 0 aliphatic carbocycles. The molecule has 1 aromatic rings. The first-order valence-corrected chi connectivity index (χ1v) is 5.03. The number of likely N-dealkylation sites (N-methyl/N-ethyl adjacent to an activating group) is 1.